The predicted molar refractivity (Wildman–Crippen MR) is 144 cm³/mol. The van der Waals surface area contributed by atoms with Crippen molar-refractivity contribution in [2.75, 3.05) is 18.1 Å². The summed E-state index contributed by atoms with van der Waals surface area (Å²) in [6.45, 7) is 7.82. The zero-order valence-corrected chi connectivity index (χ0v) is 23.8. The molecule has 222 valence electrons. The van der Waals surface area contributed by atoms with Crippen molar-refractivity contribution in [2.24, 2.45) is 17.6 Å². The maximum absolute atomic E-state index is 13.2. The Labute approximate surface area is 232 Å². The molecule has 0 saturated carbocycles. The molecule has 1 rings (SSSR count). The van der Waals surface area contributed by atoms with Gasteiger partial charge in [-0.05, 0) is 31.6 Å². The lowest BCUT2D eigenvalue weighted by molar-refractivity contribution is -0.141. The molecule has 6 atom stereocenters. The lowest BCUT2D eigenvalue weighted by Gasteiger charge is -2.28. The minimum absolute atomic E-state index is 0.00905. The van der Waals surface area contributed by atoms with Gasteiger partial charge in [0.25, 0.3) is 0 Å². The Kier molecular flexibility index (Phi) is 14.2. The van der Waals surface area contributed by atoms with E-state index in [9.17, 15) is 33.9 Å². The highest BCUT2D eigenvalue weighted by Gasteiger charge is 2.33. The fraction of sp³-hybridized carbons (Fsp3) is 0.750. The Bertz CT molecular complexity index is 902. The summed E-state index contributed by atoms with van der Waals surface area (Å²) in [7, 11) is 0. The molecular formula is C24H42N6O8S. The van der Waals surface area contributed by atoms with Gasteiger partial charge in [-0.15, -0.1) is 0 Å². The zero-order chi connectivity index (χ0) is 29.9. The molecule has 0 radical (unpaired) electrons. The van der Waals surface area contributed by atoms with E-state index < -0.39 is 78.4 Å². The summed E-state index contributed by atoms with van der Waals surface area (Å²) in [5, 5.41) is 31.4. The van der Waals surface area contributed by atoms with Crippen LogP contribution in [0.2, 0.25) is 0 Å². The summed E-state index contributed by atoms with van der Waals surface area (Å²) in [4.78, 5) is 75.9. The Morgan fingerprint density at radius 2 is 1.31 bits per heavy atom. The van der Waals surface area contributed by atoms with Crippen LogP contribution in [0.5, 0.6) is 0 Å². The van der Waals surface area contributed by atoms with Crippen molar-refractivity contribution in [3.63, 3.8) is 0 Å². The Morgan fingerprint density at radius 1 is 0.846 bits per heavy atom. The molecule has 0 aromatic rings. The van der Waals surface area contributed by atoms with Gasteiger partial charge in [0, 0.05) is 11.5 Å². The van der Waals surface area contributed by atoms with E-state index in [0.29, 0.717) is 0 Å². The van der Waals surface area contributed by atoms with Crippen molar-refractivity contribution < 1.29 is 39.0 Å². The zero-order valence-electron chi connectivity index (χ0n) is 23.0. The number of thioether (sulfide) groups is 1. The number of amides is 5. The first-order valence-electron chi connectivity index (χ1n) is 12.8. The van der Waals surface area contributed by atoms with Gasteiger partial charge in [-0.1, -0.05) is 27.7 Å². The molecule has 0 aromatic heterocycles. The number of hydrogen-bond acceptors (Lipinski definition) is 9. The molecule has 15 heteroatoms. The maximum atomic E-state index is 13.2. The molecule has 1 aliphatic heterocycles. The fourth-order valence-corrected chi connectivity index (χ4v) is 4.65. The molecule has 1 fully saturated rings. The van der Waals surface area contributed by atoms with Crippen LogP contribution in [0, 0.1) is 11.8 Å². The molecule has 1 saturated heterocycles. The van der Waals surface area contributed by atoms with Crippen LogP contribution in [-0.4, -0.2) is 100 Å². The molecule has 9 N–H and O–H groups in total. The average Bonchev–Trinajstić information content (AvgIpc) is 2.83. The summed E-state index contributed by atoms with van der Waals surface area (Å²) in [5.74, 6) is -5.01. The van der Waals surface area contributed by atoms with Crippen molar-refractivity contribution in [3.8, 4) is 0 Å². The van der Waals surface area contributed by atoms with Gasteiger partial charge < -0.3 is 42.5 Å². The number of nitrogens with two attached hydrogens (primary N) is 1. The van der Waals surface area contributed by atoms with Gasteiger partial charge in [-0.3, -0.25) is 28.8 Å². The summed E-state index contributed by atoms with van der Waals surface area (Å²) in [5.41, 5.74) is 6.01. The standard InChI is InChI=1S/C24H42N6O8S/c1-11(2)6-15-20(33)29-17(8-31)22(35)28-16(7-12(3)4)21(34)30-18(23(36)26-13(5)24(37)38)10-39-9-14(25)19(32)27-15/h11-18,31H,6-10,25H2,1-5H3,(H,26,36)(H,27,32)(H,28,35)(H,29,33)(H,30,34)(H,37,38)/t13-,14+,15-,16-,17-,18-/m0/s1. The lowest BCUT2D eigenvalue weighted by Crippen LogP contribution is -2.61. The number of aliphatic carboxylic acids is 1. The minimum Gasteiger partial charge on any atom is -0.480 e. The summed E-state index contributed by atoms with van der Waals surface area (Å²) in [6.07, 6.45) is 0.410. The van der Waals surface area contributed by atoms with Crippen LogP contribution in [0.15, 0.2) is 0 Å². The number of aliphatic hydroxyl groups is 1. The first-order valence-corrected chi connectivity index (χ1v) is 14.0. The van der Waals surface area contributed by atoms with Crippen LogP contribution >= 0.6 is 11.8 Å². The second kappa shape index (κ2) is 16.3. The smallest absolute Gasteiger partial charge is 0.325 e. The van der Waals surface area contributed by atoms with Crippen molar-refractivity contribution in [1.29, 1.82) is 0 Å². The van der Waals surface area contributed by atoms with Gasteiger partial charge in [-0.25, -0.2) is 0 Å². The van der Waals surface area contributed by atoms with Crippen LogP contribution in [0.3, 0.4) is 0 Å². The van der Waals surface area contributed by atoms with Gasteiger partial charge in [-0.2, -0.15) is 11.8 Å². The minimum atomic E-state index is -1.42. The van der Waals surface area contributed by atoms with Crippen molar-refractivity contribution in [3.05, 3.63) is 0 Å². The van der Waals surface area contributed by atoms with Gasteiger partial charge in [0.05, 0.1) is 12.6 Å². The monoisotopic (exact) mass is 574 g/mol. The van der Waals surface area contributed by atoms with Crippen LogP contribution in [0.4, 0.5) is 0 Å². The first kappa shape index (κ1) is 34.1. The highest BCUT2D eigenvalue weighted by atomic mass is 32.2. The van der Waals surface area contributed by atoms with Gasteiger partial charge in [0.15, 0.2) is 0 Å². The van der Waals surface area contributed by atoms with Gasteiger partial charge in [0.1, 0.15) is 30.2 Å². The molecule has 14 nitrogen and oxygen atoms in total. The van der Waals surface area contributed by atoms with Crippen molar-refractivity contribution >= 4 is 47.3 Å². The largest absolute Gasteiger partial charge is 0.480 e. The third-order valence-electron chi connectivity index (χ3n) is 5.78. The third-order valence-corrected chi connectivity index (χ3v) is 6.94. The van der Waals surface area contributed by atoms with Gasteiger partial charge >= 0.3 is 5.97 Å². The highest BCUT2D eigenvalue weighted by Crippen LogP contribution is 2.11. The molecule has 0 spiro atoms. The van der Waals surface area contributed by atoms with E-state index in [2.05, 4.69) is 26.6 Å². The molecule has 0 bridgehead atoms. The first-order chi connectivity index (χ1) is 18.2. The molecule has 0 aromatic carbocycles. The van der Waals surface area contributed by atoms with Gasteiger partial charge in [0.2, 0.25) is 29.5 Å². The van der Waals surface area contributed by atoms with Crippen molar-refractivity contribution in [2.45, 2.75) is 83.7 Å². The number of hydrogen-bond donors (Lipinski definition) is 8. The molecular weight excluding hydrogens is 532 g/mol. The molecule has 1 aliphatic rings. The Balaban J connectivity index is 3.36. The van der Waals surface area contributed by atoms with E-state index in [4.69, 9.17) is 10.8 Å². The molecule has 0 aliphatic carbocycles. The van der Waals surface area contributed by atoms with E-state index >= 15 is 0 Å². The third kappa shape index (κ3) is 11.8. The fourth-order valence-electron chi connectivity index (χ4n) is 3.64. The summed E-state index contributed by atoms with van der Waals surface area (Å²) in [6, 6.07) is -7.09. The molecule has 5 amide bonds. The van der Waals surface area contributed by atoms with E-state index in [1.54, 1.807) is 0 Å². The normalized spacial score (nSPS) is 26.7. The Morgan fingerprint density at radius 3 is 1.79 bits per heavy atom. The average molecular weight is 575 g/mol. The quantitative estimate of drug-likeness (QED) is 0.154. The number of aliphatic hydroxyl groups excluding tert-OH is 1. The molecule has 39 heavy (non-hydrogen) atoms. The number of carboxylic acid groups (broad SMARTS) is 1. The van der Waals surface area contributed by atoms with Crippen LogP contribution in [0.1, 0.15) is 47.5 Å². The number of nitrogens with one attached hydrogen (secondary N) is 5. The summed E-state index contributed by atoms with van der Waals surface area (Å²) >= 11 is 1.08. The molecule has 1 heterocycles. The van der Waals surface area contributed by atoms with Crippen molar-refractivity contribution in [1.82, 2.24) is 26.6 Å². The second-order valence-electron chi connectivity index (χ2n) is 10.4. The SMILES string of the molecule is CC(C)C[C@@H]1NC(=O)[C@H](N)CSC[C@@H](C(=O)N[C@@H](C)C(=O)O)NC(=O)[C@H](CC(C)C)NC(=O)[C@H](CO)NC1=O. The maximum Gasteiger partial charge on any atom is 0.325 e. The summed E-state index contributed by atoms with van der Waals surface area (Å²) < 4.78 is 0. The van der Waals surface area contributed by atoms with E-state index in [1.807, 2.05) is 27.7 Å². The second-order valence-corrected chi connectivity index (χ2v) is 11.5. The Hall–Kier alpha value is -2.91. The number of rotatable bonds is 8. The van der Waals surface area contributed by atoms with Crippen LogP contribution in [0.25, 0.3) is 0 Å². The number of carbonyl (C=O) groups excluding carboxylic acids is 5. The van der Waals surface area contributed by atoms with E-state index in [1.165, 1.54) is 6.92 Å². The van der Waals surface area contributed by atoms with E-state index in [0.717, 1.165) is 11.8 Å². The number of carboxylic acids is 1. The number of carbonyl (C=O) groups is 6. The van der Waals surface area contributed by atoms with Crippen LogP contribution < -0.4 is 32.3 Å². The lowest BCUT2D eigenvalue weighted by atomic mass is 10.0. The predicted octanol–water partition coefficient (Wildman–Crippen LogP) is -2.33. The topological polar surface area (TPSA) is 229 Å². The van der Waals surface area contributed by atoms with E-state index in [-0.39, 0.29) is 36.2 Å². The molecule has 0 unspecified atom stereocenters. The van der Waals surface area contributed by atoms with Crippen LogP contribution in [-0.2, 0) is 28.8 Å². The highest BCUT2D eigenvalue weighted by molar-refractivity contribution is 7.99.